The van der Waals surface area contributed by atoms with Crippen LogP contribution in [0, 0.1) is 26.7 Å². The number of hydrogen-bond acceptors (Lipinski definition) is 3. The van der Waals surface area contributed by atoms with Crippen LogP contribution in [0.1, 0.15) is 58.3 Å². The second-order valence-corrected chi connectivity index (χ2v) is 9.79. The molecule has 2 heterocycles. The molecule has 4 heteroatoms. The first kappa shape index (κ1) is 23.3. The molecule has 3 aromatic rings. The van der Waals surface area contributed by atoms with Gasteiger partial charge in [0.05, 0.1) is 6.54 Å². The van der Waals surface area contributed by atoms with Crippen molar-refractivity contribution in [3.63, 3.8) is 0 Å². The van der Waals surface area contributed by atoms with Crippen molar-refractivity contribution in [2.75, 3.05) is 19.6 Å². The molecular weight excluding hydrogens is 408 g/mol. The van der Waals surface area contributed by atoms with Gasteiger partial charge in [-0.3, -0.25) is 9.69 Å². The van der Waals surface area contributed by atoms with Crippen molar-refractivity contribution in [1.82, 2.24) is 9.80 Å². The van der Waals surface area contributed by atoms with Crippen molar-refractivity contribution in [1.29, 1.82) is 0 Å². The largest absolute Gasteiger partial charge is 0.465 e. The van der Waals surface area contributed by atoms with Gasteiger partial charge in [0.15, 0.2) is 0 Å². The Morgan fingerprint density at radius 2 is 1.70 bits per heavy atom. The summed E-state index contributed by atoms with van der Waals surface area (Å²) in [5.41, 5.74) is 4.68. The van der Waals surface area contributed by atoms with Crippen LogP contribution < -0.4 is 0 Å². The number of aryl methyl sites for hydroxylation is 3. The average Bonchev–Trinajstić information content (AvgIpc) is 3.34. The first-order valence-electron chi connectivity index (χ1n) is 12.0. The number of carbonyl (C=O) groups excluding carboxylic acids is 1. The molecule has 0 radical (unpaired) electrons. The SMILES string of the molecule is Cc1ccccc1C1CN(Cc2cc(C)c(C)o2)CC1CN(C(=O)c1ccccc1)C(C)C. The maximum Gasteiger partial charge on any atom is 0.254 e. The molecule has 1 aromatic heterocycles. The van der Waals surface area contributed by atoms with E-state index in [-0.39, 0.29) is 11.9 Å². The molecule has 4 nitrogen and oxygen atoms in total. The lowest BCUT2D eigenvalue weighted by Crippen LogP contribution is -2.42. The fourth-order valence-electron chi connectivity index (χ4n) is 5.11. The van der Waals surface area contributed by atoms with E-state index in [1.807, 2.05) is 37.3 Å². The summed E-state index contributed by atoms with van der Waals surface area (Å²) in [7, 11) is 0. The summed E-state index contributed by atoms with van der Waals surface area (Å²) in [4.78, 5) is 17.9. The van der Waals surface area contributed by atoms with Crippen LogP contribution in [-0.2, 0) is 6.54 Å². The Labute approximate surface area is 198 Å². The van der Waals surface area contributed by atoms with Gasteiger partial charge in [0.2, 0.25) is 0 Å². The standard InChI is InChI=1S/C29H36N2O2/c1-20(2)31(29(32)24-12-7-6-8-13-24)17-25-16-30(18-26-15-22(4)23(5)33-26)19-28(25)27-14-10-9-11-21(27)3/h6-15,20,25,28H,16-19H2,1-5H3. The number of furan rings is 1. The molecule has 1 saturated heterocycles. The van der Waals surface area contributed by atoms with Crippen molar-refractivity contribution >= 4 is 5.91 Å². The Balaban J connectivity index is 1.59. The van der Waals surface area contributed by atoms with Gasteiger partial charge in [-0.15, -0.1) is 0 Å². The number of hydrogen-bond donors (Lipinski definition) is 0. The monoisotopic (exact) mass is 444 g/mol. The first-order chi connectivity index (χ1) is 15.8. The Hall–Kier alpha value is -2.85. The van der Waals surface area contributed by atoms with E-state index in [9.17, 15) is 4.79 Å². The van der Waals surface area contributed by atoms with E-state index in [4.69, 9.17) is 4.42 Å². The molecule has 2 atom stereocenters. The van der Waals surface area contributed by atoms with E-state index >= 15 is 0 Å². The number of carbonyl (C=O) groups is 1. The summed E-state index contributed by atoms with van der Waals surface area (Å²) in [6, 6.07) is 20.7. The van der Waals surface area contributed by atoms with E-state index < -0.39 is 0 Å². The van der Waals surface area contributed by atoms with Crippen molar-refractivity contribution in [2.45, 2.75) is 53.1 Å². The summed E-state index contributed by atoms with van der Waals surface area (Å²) in [5.74, 6) is 2.88. The van der Waals surface area contributed by atoms with Crippen LogP contribution in [0.2, 0.25) is 0 Å². The van der Waals surface area contributed by atoms with Gasteiger partial charge in [-0.1, -0.05) is 42.5 Å². The lowest BCUT2D eigenvalue weighted by atomic mass is 9.86. The highest BCUT2D eigenvalue weighted by atomic mass is 16.3. The molecule has 1 aliphatic rings. The Morgan fingerprint density at radius 1 is 1.00 bits per heavy atom. The predicted molar refractivity (Wildman–Crippen MR) is 133 cm³/mol. The maximum absolute atomic E-state index is 13.4. The van der Waals surface area contributed by atoms with Gasteiger partial charge in [0.1, 0.15) is 11.5 Å². The van der Waals surface area contributed by atoms with Crippen LogP contribution in [0.4, 0.5) is 0 Å². The zero-order valence-electron chi connectivity index (χ0n) is 20.5. The lowest BCUT2D eigenvalue weighted by molar-refractivity contribution is 0.0668. The van der Waals surface area contributed by atoms with E-state index in [1.54, 1.807) is 0 Å². The zero-order valence-corrected chi connectivity index (χ0v) is 20.5. The third kappa shape index (κ3) is 5.22. The predicted octanol–water partition coefficient (Wildman–Crippen LogP) is 5.97. The van der Waals surface area contributed by atoms with Gasteiger partial charge >= 0.3 is 0 Å². The molecule has 1 amide bonds. The highest BCUT2D eigenvalue weighted by Gasteiger charge is 2.37. The van der Waals surface area contributed by atoms with Crippen LogP contribution in [0.5, 0.6) is 0 Å². The smallest absolute Gasteiger partial charge is 0.254 e. The van der Waals surface area contributed by atoms with Crippen molar-refractivity contribution in [2.24, 2.45) is 5.92 Å². The molecule has 1 fully saturated rings. The van der Waals surface area contributed by atoms with E-state index in [2.05, 4.69) is 67.8 Å². The Bertz CT molecular complexity index is 1070. The van der Waals surface area contributed by atoms with Crippen LogP contribution in [0.3, 0.4) is 0 Å². The third-order valence-electron chi connectivity index (χ3n) is 7.04. The zero-order chi connectivity index (χ0) is 23.5. The van der Waals surface area contributed by atoms with Gasteiger partial charge in [0.25, 0.3) is 5.91 Å². The molecule has 1 aliphatic heterocycles. The highest BCUT2D eigenvalue weighted by molar-refractivity contribution is 5.94. The number of likely N-dealkylation sites (tertiary alicyclic amines) is 1. The maximum atomic E-state index is 13.4. The minimum absolute atomic E-state index is 0.116. The molecule has 33 heavy (non-hydrogen) atoms. The van der Waals surface area contributed by atoms with Crippen LogP contribution in [0.15, 0.2) is 65.1 Å². The van der Waals surface area contributed by atoms with Crippen LogP contribution >= 0.6 is 0 Å². The highest BCUT2D eigenvalue weighted by Crippen LogP contribution is 2.36. The molecule has 0 spiro atoms. The molecule has 0 bridgehead atoms. The molecular formula is C29H36N2O2. The van der Waals surface area contributed by atoms with Crippen LogP contribution in [0.25, 0.3) is 0 Å². The van der Waals surface area contributed by atoms with Crippen molar-refractivity contribution in [3.8, 4) is 0 Å². The van der Waals surface area contributed by atoms with Gasteiger partial charge in [0, 0.05) is 37.2 Å². The fourth-order valence-corrected chi connectivity index (χ4v) is 5.11. The number of benzene rings is 2. The molecule has 2 aromatic carbocycles. The molecule has 4 rings (SSSR count). The third-order valence-corrected chi connectivity index (χ3v) is 7.04. The van der Waals surface area contributed by atoms with E-state index in [0.717, 1.165) is 43.3 Å². The van der Waals surface area contributed by atoms with E-state index in [0.29, 0.717) is 11.8 Å². The molecule has 2 unspecified atom stereocenters. The summed E-state index contributed by atoms with van der Waals surface area (Å²) >= 11 is 0. The van der Waals surface area contributed by atoms with Gasteiger partial charge in [-0.25, -0.2) is 0 Å². The first-order valence-corrected chi connectivity index (χ1v) is 12.0. The average molecular weight is 445 g/mol. The molecule has 0 saturated carbocycles. The summed E-state index contributed by atoms with van der Waals surface area (Å²) < 4.78 is 5.99. The summed E-state index contributed by atoms with van der Waals surface area (Å²) in [6.45, 7) is 14.0. The van der Waals surface area contributed by atoms with Crippen molar-refractivity contribution < 1.29 is 9.21 Å². The van der Waals surface area contributed by atoms with E-state index in [1.165, 1.54) is 16.7 Å². The normalized spacial score (nSPS) is 18.7. The second kappa shape index (κ2) is 9.96. The lowest BCUT2D eigenvalue weighted by Gasteiger charge is -2.32. The van der Waals surface area contributed by atoms with Gasteiger partial charge < -0.3 is 9.32 Å². The number of nitrogens with zero attached hydrogens (tertiary/aromatic N) is 2. The Kier molecular flexibility index (Phi) is 7.04. The second-order valence-electron chi connectivity index (χ2n) is 9.79. The fraction of sp³-hybridized carbons (Fsp3) is 0.414. The Morgan fingerprint density at radius 3 is 2.33 bits per heavy atom. The molecule has 174 valence electrons. The van der Waals surface area contributed by atoms with Crippen molar-refractivity contribution in [3.05, 3.63) is 94.4 Å². The quantitative estimate of drug-likeness (QED) is 0.450. The minimum atomic E-state index is 0.116. The van der Waals surface area contributed by atoms with Gasteiger partial charge in [-0.2, -0.15) is 0 Å². The van der Waals surface area contributed by atoms with Crippen LogP contribution in [-0.4, -0.2) is 41.4 Å². The number of rotatable bonds is 7. The minimum Gasteiger partial charge on any atom is -0.465 e. The van der Waals surface area contributed by atoms with Gasteiger partial charge in [-0.05, 0) is 75.4 Å². The topological polar surface area (TPSA) is 36.7 Å². The summed E-state index contributed by atoms with van der Waals surface area (Å²) in [5, 5.41) is 0. The summed E-state index contributed by atoms with van der Waals surface area (Å²) in [6.07, 6.45) is 0. The molecule has 0 N–H and O–H groups in total. The molecule has 0 aliphatic carbocycles. The number of amides is 1.